The molecule has 0 atom stereocenters. The summed E-state index contributed by atoms with van der Waals surface area (Å²) in [5, 5.41) is 3.18. The highest BCUT2D eigenvalue weighted by molar-refractivity contribution is 5.73. The van der Waals surface area contributed by atoms with E-state index in [-0.39, 0.29) is 6.03 Å². The van der Waals surface area contributed by atoms with Gasteiger partial charge < -0.3 is 16.0 Å². The molecule has 3 N–H and O–H groups in total. The minimum Gasteiger partial charge on any atom is -0.351 e. The number of amides is 2. The van der Waals surface area contributed by atoms with Gasteiger partial charge in [-0.1, -0.05) is 0 Å². The molecule has 2 fully saturated rings. The molecule has 0 bridgehead atoms. The van der Waals surface area contributed by atoms with Gasteiger partial charge in [0.1, 0.15) is 0 Å². The molecule has 0 aromatic carbocycles. The molecule has 0 aromatic heterocycles. The van der Waals surface area contributed by atoms with E-state index in [0.29, 0.717) is 5.41 Å². The van der Waals surface area contributed by atoms with Gasteiger partial charge in [-0.15, -0.1) is 0 Å². The maximum absolute atomic E-state index is 10.5. The molecule has 2 rings (SSSR count). The van der Waals surface area contributed by atoms with Crippen LogP contribution in [0.15, 0.2) is 0 Å². The van der Waals surface area contributed by atoms with Crippen LogP contribution < -0.4 is 11.1 Å². The van der Waals surface area contributed by atoms with Crippen molar-refractivity contribution in [2.45, 2.75) is 0 Å². The number of nitrogens with one attached hydrogen (secondary N) is 1. The zero-order valence-electron chi connectivity index (χ0n) is 5.76. The van der Waals surface area contributed by atoms with Gasteiger partial charge in [0.2, 0.25) is 0 Å². The summed E-state index contributed by atoms with van der Waals surface area (Å²) in [7, 11) is 0. The summed E-state index contributed by atoms with van der Waals surface area (Å²) in [6.07, 6.45) is 0. The van der Waals surface area contributed by atoms with E-state index in [1.165, 1.54) is 0 Å². The average molecular weight is 141 g/mol. The van der Waals surface area contributed by atoms with Crippen LogP contribution in [0.1, 0.15) is 0 Å². The van der Waals surface area contributed by atoms with E-state index in [4.69, 9.17) is 5.73 Å². The monoisotopic (exact) mass is 141 g/mol. The predicted molar refractivity (Wildman–Crippen MR) is 36.5 cm³/mol. The fourth-order valence-electron chi connectivity index (χ4n) is 1.62. The van der Waals surface area contributed by atoms with E-state index < -0.39 is 0 Å². The van der Waals surface area contributed by atoms with E-state index in [9.17, 15) is 4.79 Å². The van der Waals surface area contributed by atoms with Crippen molar-refractivity contribution in [1.82, 2.24) is 10.2 Å². The van der Waals surface area contributed by atoms with E-state index >= 15 is 0 Å². The third-order valence-corrected chi connectivity index (χ3v) is 2.36. The molecule has 2 amide bonds. The summed E-state index contributed by atoms with van der Waals surface area (Å²) in [5.74, 6) is 0. The lowest BCUT2D eigenvalue weighted by atomic mass is 9.75. The summed E-state index contributed by atoms with van der Waals surface area (Å²) in [4.78, 5) is 12.2. The van der Waals surface area contributed by atoms with Crippen molar-refractivity contribution < 1.29 is 4.79 Å². The molecular formula is C6H11N3O. The first-order valence-corrected chi connectivity index (χ1v) is 3.47. The minimum atomic E-state index is -0.280. The Morgan fingerprint density at radius 2 is 2.10 bits per heavy atom. The van der Waals surface area contributed by atoms with E-state index in [0.717, 1.165) is 26.2 Å². The fraction of sp³-hybridized carbons (Fsp3) is 0.833. The van der Waals surface area contributed by atoms with Crippen LogP contribution in [0.3, 0.4) is 0 Å². The second-order valence-corrected chi connectivity index (χ2v) is 3.30. The molecule has 4 heteroatoms. The molecule has 4 nitrogen and oxygen atoms in total. The molecule has 2 aliphatic heterocycles. The molecule has 56 valence electrons. The van der Waals surface area contributed by atoms with E-state index in [1.807, 2.05) is 0 Å². The number of urea groups is 1. The Balaban J connectivity index is 1.88. The van der Waals surface area contributed by atoms with E-state index in [1.54, 1.807) is 4.90 Å². The first-order chi connectivity index (χ1) is 4.72. The quantitative estimate of drug-likeness (QED) is 0.453. The standard InChI is InChI=1S/C6H11N3O/c7-5(10)9-3-6(4-9)1-8-2-6/h8H,1-4H2,(H2,7,10). The Hall–Kier alpha value is -0.770. The molecule has 2 heterocycles. The van der Waals surface area contributed by atoms with Gasteiger partial charge >= 0.3 is 6.03 Å². The van der Waals surface area contributed by atoms with Crippen LogP contribution >= 0.6 is 0 Å². The van der Waals surface area contributed by atoms with Gasteiger partial charge in [-0.05, 0) is 0 Å². The number of carbonyl (C=O) groups excluding carboxylic acids is 1. The lowest BCUT2D eigenvalue weighted by Gasteiger charge is -2.55. The van der Waals surface area contributed by atoms with Gasteiger partial charge in [-0.2, -0.15) is 0 Å². The molecule has 0 radical (unpaired) electrons. The Kier molecular flexibility index (Phi) is 0.976. The van der Waals surface area contributed by atoms with Crippen molar-refractivity contribution in [3.8, 4) is 0 Å². The molecule has 0 saturated carbocycles. The Morgan fingerprint density at radius 1 is 1.50 bits per heavy atom. The van der Waals surface area contributed by atoms with Crippen molar-refractivity contribution >= 4 is 6.03 Å². The predicted octanol–water partition coefficient (Wildman–Crippen LogP) is -1.03. The van der Waals surface area contributed by atoms with Gasteiger partial charge in [0, 0.05) is 31.6 Å². The number of nitrogens with two attached hydrogens (primary N) is 1. The average Bonchev–Trinajstić information content (AvgIpc) is 1.54. The first kappa shape index (κ1) is 5.97. The van der Waals surface area contributed by atoms with Crippen LogP contribution in [0.5, 0.6) is 0 Å². The van der Waals surface area contributed by atoms with Crippen LogP contribution in [0.2, 0.25) is 0 Å². The zero-order chi connectivity index (χ0) is 7.19. The Bertz CT molecular complexity index is 168. The number of primary amides is 1. The number of carbonyl (C=O) groups is 1. The molecular weight excluding hydrogens is 130 g/mol. The molecule has 10 heavy (non-hydrogen) atoms. The summed E-state index contributed by atoms with van der Waals surface area (Å²) in [6.45, 7) is 3.82. The molecule has 0 aliphatic carbocycles. The SMILES string of the molecule is NC(=O)N1CC2(CNC2)C1. The van der Waals surface area contributed by atoms with Crippen molar-refractivity contribution in [1.29, 1.82) is 0 Å². The number of likely N-dealkylation sites (tertiary alicyclic amines) is 1. The van der Waals surface area contributed by atoms with Crippen LogP contribution in [0.25, 0.3) is 0 Å². The Morgan fingerprint density at radius 3 is 2.40 bits per heavy atom. The third kappa shape index (κ3) is 0.623. The molecule has 2 saturated heterocycles. The topological polar surface area (TPSA) is 58.4 Å². The van der Waals surface area contributed by atoms with Crippen LogP contribution in [-0.4, -0.2) is 37.1 Å². The number of hydrogen-bond donors (Lipinski definition) is 2. The minimum absolute atomic E-state index is 0.280. The van der Waals surface area contributed by atoms with Crippen molar-refractivity contribution in [2.75, 3.05) is 26.2 Å². The molecule has 1 spiro atoms. The summed E-state index contributed by atoms with van der Waals surface area (Å²) in [5.41, 5.74) is 5.48. The lowest BCUT2D eigenvalue weighted by molar-refractivity contribution is -0.00846. The number of rotatable bonds is 0. The van der Waals surface area contributed by atoms with Crippen LogP contribution in [0, 0.1) is 5.41 Å². The van der Waals surface area contributed by atoms with Gasteiger partial charge in [0.15, 0.2) is 0 Å². The highest BCUT2D eigenvalue weighted by Gasteiger charge is 2.48. The first-order valence-electron chi connectivity index (χ1n) is 3.47. The lowest BCUT2D eigenvalue weighted by Crippen LogP contribution is -2.72. The van der Waals surface area contributed by atoms with Gasteiger partial charge in [0.25, 0.3) is 0 Å². The second-order valence-electron chi connectivity index (χ2n) is 3.30. The Labute approximate surface area is 59.4 Å². The largest absolute Gasteiger partial charge is 0.351 e. The summed E-state index contributed by atoms with van der Waals surface area (Å²) < 4.78 is 0. The van der Waals surface area contributed by atoms with Crippen LogP contribution in [-0.2, 0) is 0 Å². The highest BCUT2D eigenvalue weighted by Crippen LogP contribution is 2.33. The zero-order valence-corrected chi connectivity index (χ0v) is 5.76. The van der Waals surface area contributed by atoms with Gasteiger partial charge in [0.05, 0.1) is 0 Å². The number of hydrogen-bond acceptors (Lipinski definition) is 2. The normalized spacial score (nSPS) is 27.4. The van der Waals surface area contributed by atoms with Gasteiger partial charge in [-0.3, -0.25) is 0 Å². The highest BCUT2D eigenvalue weighted by atomic mass is 16.2. The third-order valence-electron chi connectivity index (χ3n) is 2.36. The van der Waals surface area contributed by atoms with Gasteiger partial charge in [-0.25, -0.2) is 4.79 Å². The molecule has 0 unspecified atom stereocenters. The fourth-order valence-corrected chi connectivity index (χ4v) is 1.62. The summed E-state index contributed by atoms with van der Waals surface area (Å²) >= 11 is 0. The van der Waals surface area contributed by atoms with Crippen molar-refractivity contribution in [2.24, 2.45) is 11.1 Å². The maximum atomic E-state index is 10.5. The molecule has 0 aromatic rings. The van der Waals surface area contributed by atoms with Crippen molar-refractivity contribution in [3.63, 3.8) is 0 Å². The van der Waals surface area contributed by atoms with Crippen molar-refractivity contribution in [3.05, 3.63) is 0 Å². The van der Waals surface area contributed by atoms with E-state index in [2.05, 4.69) is 5.32 Å². The maximum Gasteiger partial charge on any atom is 0.314 e. The summed E-state index contributed by atoms with van der Waals surface area (Å²) in [6, 6.07) is -0.280. The second kappa shape index (κ2) is 1.63. The molecule has 2 aliphatic rings. The van der Waals surface area contributed by atoms with Crippen LogP contribution in [0.4, 0.5) is 4.79 Å². The smallest absolute Gasteiger partial charge is 0.314 e. The number of nitrogens with zero attached hydrogens (tertiary/aromatic N) is 1.